The van der Waals surface area contributed by atoms with Crippen molar-refractivity contribution in [3.8, 4) is 22.5 Å². The van der Waals surface area contributed by atoms with Crippen molar-refractivity contribution in [1.82, 2.24) is 14.8 Å². The molecule has 0 unspecified atom stereocenters. The van der Waals surface area contributed by atoms with E-state index in [1.54, 1.807) is 6.20 Å². The van der Waals surface area contributed by atoms with E-state index in [-0.39, 0.29) is 0 Å². The molecular formula is C22H24N6OS. The van der Waals surface area contributed by atoms with Crippen molar-refractivity contribution in [2.45, 2.75) is 43.0 Å². The summed E-state index contributed by atoms with van der Waals surface area (Å²) in [5.41, 5.74) is 16.2. The van der Waals surface area contributed by atoms with Gasteiger partial charge in [0.1, 0.15) is 5.76 Å². The first-order valence-corrected chi connectivity index (χ1v) is 11.0. The Balaban J connectivity index is 1.60. The van der Waals surface area contributed by atoms with Crippen LogP contribution in [-0.4, -0.2) is 14.8 Å². The maximum Gasteiger partial charge on any atom is 0.177 e. The molecule has 30 heavy (non-hydrogen) atoms. The SMILES string of the molecule is NSc1c(N)cccc1-c1cc2c(-c3cnn(C4CCCCC4)c3)cnc(N)c2o1. The summed E-state index contributed by atoms with van der Waals surface area (Å²) in [5, 5.41) is 11.4. The number of anilines is 2. The number of nitrogens with zero attached hydrogens (tertiary/aromatic N) is 3. The van der Waals surface area contributed by atoms with Crippen LogP contribution in [0.5, 0.6) is 0 Å². The minimum absolute atomic E-state index is 0.352. The number of benzene rings is 1. The van der Waals surface area contributed by atoms with Gasteiger partial charge in [-0.05, 0) is 43.0 Å². The Hall–Kier alpha value is -2.97. The lowest BCUT2D eigenvalue weighted by Gasteiger charge is -2.21. The standard InChI is InChI=1S/C22H24N6OS/c23-18-8-4-7-15(21(18)30-25)19-9-16-17(11-26-22(24)20(16)29-19)13-10-27-28(12-13)14-5-2-1-3-6-14/h4,7-12,14H,1-3,5-6,23,25H2,(H2,24,26). The maximum atomic E-state index is 6.14. The molecule has 1 fully saturated rings. The molecule has 1 saturated carbocycles. The van der Waals surface area contributed by atoms with Gasteiger partial charge >= 0.3 is 0 Å². The van der Waals surface area contributed by atoms with Crippen LogP contribution in [0.4, 0.5) is 11.5 Å². The molecule has 3 heterocycles. The van der Waals surface area contributed by atoms with Crippen molar-refractivity contribution >= 4 is 34.4 Å². The first-order chi connectivity index (χ1) is 14.7. The molecule has 1 aliphatic carbocycles. The summed E-state index contributed by atoms with van der Waals surface area (Å²) in [7, 11) is 0. The second-order valence-corrected chi connectivity index (χ2v) is 8.40. The summed E-state index contributed by atoms with van der Waals surface area (Å²) in [6.45, 7) is 0. The molecule has 1 aliphatic rings. The molecule has 0 saturated heterocycles. The van der Waals surface area contributed by atoms with Gasteiger partial charge in [-0.1, -0.05) is 25.3 Å². The first-order valence-electron chi connectivity index (χ1n) is 10.1. The second-order valence-electron chi connectivity index (χ2n) is 7.75. The molecule has 1 aromatic carbocycles. The molecular weight excluding hydrogens is 396 g/mol. The lowest BCUT2D eigenvalue weighted by Crippen LogP contribution is -2.12. The van der Waals surface area contributed by atoms with E-state index < -0.39 is 0 Å². The number of furan rings is 1. The van der Waals surface area contributed by atoms with E-state index in [4.69, 9.17) is 21.0 Å². The van der Waals surface area contributed by atoms with Crippen LogP contribution in [0.25, 0.3) is 33.4 Å². The van der Waals surface area contributed by atoms with E-state index in [1.807, 2.05) is 30.5 Å². The van der Waals surface area contributed by atoms with E-state index in [1.165, 1.54) is 32.1 Å². The Bertz CT molecular complexity index is 1210. The fourth-order valence-electron chi connectivity index (χ4n) is 4.31. The van der Waals surface area contributed by atoms with Crippen molar-refractivity contribution in [2.75, 3.05) is 11.5 Å². The number of nitrogen functional groups attached to an aromatic ring is 2. The lowest BCUT2D eigenvalue weighted by atomic mass is 9.96. The maximum absolute atomic E-state index is 6.14. The van der Waals surface area contributed by atoms with Crippen LogP contribution in [0.1, 0.15) is 38.1 Å². The highest BCUT2D eigenvalue weighted by Crippen LogP contribution is 2.40. The van der Waals surface area contributed by atoms with Crippen molar-refractivity contribution < 1.29 is 4.42 Å². The second kappa shape index (κ2) is 7.70. The van der Waals surface area contributed by atoms with Gasteiger partial charge in [-0.2, -0.15) is 5.10 Å². The van der Waals surface area contributed by atoms with Gasteiger partial charge in [-0.3, -0.25) is 9.82 Å². The Morgan fingerprint density at radius 2 is 1.90 bits per heavy atom. The zero-order valence-electron chi connectivity index (χ0n) is 16.5. The van der Waals surface area contributed by atoms with Gasteiger partial charge in [-0.15, -0.1) is 0 Å². The minimum atomic E-state index is 0.352. The third-order valence-electron chi connectivity index (χ3n) is 5.88. The highest BCUT2D eigenvalue weighted by molar-refractivity contribution is 7.97. The smallest absolute Gasteiger partial charge is 0.177 e. The molecule has 3 aromatic heterocycles. The minimum Gasteiger partial charge on any atom is -0.452 e. The fourth-order valence-corrected chi connectivity index (χ4v) is 4.81. The number of hydrogen-bond acceptors (Lipinski definition) is 7. The van der Waals surface area contributed by atoms with Crippen LogP contribution in [0, 0.1) is 0 Å². The molecule has 0 aliphatic heterocycles. The van der Waals surface area contributed by atoms with Crippen LogP contribution in [0.15, 0.2) is 52.2 Å². The summed E-state index contributed by atoms with van der Waals surface area (Å²) in [4.78, 5) is 5.14. The van der Waals surface area contributed by atoms with Gasteiger partial charge in [0, 0.05) is 40.2 Å². The number of aromatic nitrogens is 3. The molecule has 4 aromatic rings. The Morgan fingerprint density at radius 1 is 1.07 bits per heavy atom. The topological polar surface area (TPSA) is 122 Å². The summed E-state index contributed by atoms with van der Waals surface area (Å²) in [6.07, 6.45) is 12.0. The number of pyridine rings is 1. The Kier molecular flexibility index (Phi) is 4.88. The molecule has 6 N–H and O–H groups in total. The van der Waals surface area contributed by atoms with E-state index >= 15 is 0 Å². The average molecular weight is 421 g/mol. The van der Waals surface area contributed by atoms with Gasteiger partial charge in [0.05, 0.1) is 17.1 Å². The molecule has 0 radical (unpaired) electrons. The summed E-state index contributed by atoms with van der Waals surface area (Å²) < 4.78 is 8.22. The van der Waals surface area contributed by atoms with Crippen molar-refractivity contribution in [3.63, 3.8) is 0 Å². The number of nitrogens with two attached hydrogens (primary N) is 3. The Labute approximate surface area is 178 Å². The monoisotopic (exact) mass is 420 g/mol. The predicted octanol–water partition coefficient (Wildman–Crippen LogP) is 4.99. The van der Waals surface area contributed by atoms with Gasteiger partial charge in [0.2, 0.25) is 0 Å². The Morgan fingerprint density at radius 3 is 2.70 bits per heavy atom. The lowest BCUT2D eigenvalue weighted by molar-refractivity contribution is 0.329. The van der Waals surface area contributed by atoms with Crippen LogP contribution >= 0.6 is 11.9 Å². The number of fused-ring (bicyclic) bond motifs is 1. The zero-order chi connectivity index (χ0) is 20.7. The molecule has 154 valence electrons. The van der Waals surface area contributed by atoms with Crippen LogP contribution in [0.3, 0.4) is 0 Å². The van der Waals surface area contributed by atoms with E-state index in [0.29, 0.717) is 28.9 Å². The van der Waals surface area contributed by atoms with Gasteiger partial charge in [-0.25, -0.2) is 4.98 Å². The van der Waals surface area contributed by atoms with E-state index in [2.05, 4.69) is 21.0 Å². The molecule has 0 spiro atoms. The van der Waals surface area contributed by atoms with Crippen molar-refractivity contribution in [2.24, 2.45) is 5.14 Å². The summed E-state index contributed by atoms with van der Waals surface area (Å²) >= 11 is 1.11. The van der Waals surface area contributed by atoms with Crippen LogP contribution < -0.4 is 16.6 Å². The number of hydrogen-bond donors (Lipinski definition) is 3. The average Bonchev–Trinajstić information content (AvgIpc) is 3.43. The van der Waals surface area contributed by atoms with Gasteiger partial charge < -0.3 is 15.9 Å². The molecule has 0 amide bonds. The number of rotatable bonds is 4. The van der Waals surface area contributed by atoms with E-state index in [9.17, 15) is 0 Å². The first kappa shape index (κ1) is 19.0. The molecule has 7 nitrogen and oxygen atoms in total. The normalized spacial score (nSPS) is 15.1. The summed E-state index contributed by atoms with van der Waals surface area (Å²) in [6, 6.07) is 8.10. The van der Waals surface area contributed by atoms with Crippen molar-refractivity contribution in [1.29, 1.82) is 0 Å². The summed E-state index contributed by atoms with van der Waals surface area (Å²) in [5.74, 6) is 1.01. The van der Waals surface area contributed by atoms with E-state index in [0.717, 1.165) is 38.9 Å². The third-order valence-corrected chi connectivity index (χ3v) is 6.57. The third kappa shape index (κ3) is 3.22. The molecule has 0 atom stereocenters. The van der Waals surface area contributed by atoms with Gasteiger partial charge in [0.25, 0.3) is 0 Å². The molecule has 5 rings (SSSR count). The highest BCUT2D eigenvalue weighted by atomic mass is 32.2. The molecule has 8 heteroatoms. The van der Waals surface area contributed by atoms with Gasteiger partial charge in [0.15, 0.2) is 11.4 Å². The predicted molar refractivity (Wildman–Crippen MR) is 122 cm³/mol. The molecule has 0 bridgehead atoms. The highest BCUT2D eigenvalue weighted by Gasteiger charge is 2.20. The van der Waals surface area contributed by atoms with Crippen LogP contribution in [0.2, 0.25) is 0 Å². The zero-order valence-corrected chi connectivity index (χ0v) is 17.4. The fraction of sp³-hybridized carbons (Fsp3) is 0.273. The van der Waals surface area contributed by atoms with Crippen LogP contribution in [-0.2, 0) is 0 Å². The largest absolute Gasteiger partial charge is 0.452 e. The van der Waals surface area contributed by atoms with Crippen molar-refractivity contribution in [3.05, 3.63) is 42.9 Å². The quantitative estimate of drug-likeness (QED) is 0.314.